The number of hydrogen-bond donors (Lipinski definition) is 1. The lowest BCUT2D eigenvalue weighted by Gasteiger charge is -2.01. The summed E-state index contributed by atoms with van der Waals surface area (Å²) in [6, 6.07) is 1.35. The number of halogens is 3. The molecule has 4 nitrogen and oxygen atoms in total. The Bertz CT molecular complexity index is 571. The molecule has 7 heteroatoms. The zero-order valence-electron chi connectivity index (χ0n) is 9.45. The van der Waals surface area contributed by atoms with Crippen LogP contribution in [0.2, 0.25) is 0 Å². The molecule has 2 rings (SSSR count). The van der Waals surface area contributed by atoms with E-state index in [2.05, 4.69) is 10.2 Å². The molecule has 0 spiro atoms. The second kappa shape index (κ2) is 4.77. The van der Waals surface area contributed by atoms with Crippen molar-refractivity contribution < 1.29 is 17.6 Å². The minimum atomic E-state index is -1.58. The second-order valence-corrected chi connectivity index (χ2v) is 3.68. The Morgan fingerprint density at radius 1 is 1.22 bits per heavy atom. The largest absolute Gasteiger partial charge is 0.419 e. The van der Waals surface area contributed by atoms with E-state index in [0.717, 1.165) is 12.1 Å². The van der Waals surface area contributed by atoms with Crippen LogP contribution in [0, 0.1) is 17.5 Å². The summed E-state index contributed by atoms with van der Waals surface area (Å²) in [7, 11) is 0. The van der Waals surface area contributed by atoms with Gasteiger partial charge in [-0.15, -0.1) is 10.2 Å². The van der Waals surface area contributed by atoms with Crippen molar-refractivity contribution in [2.24, 2.45) is 5.73 Å². The van der Waals surface area contributed by atoms with Crippen molar-refractivity contribution >= 4 is 0 Å². The predicted molar refractivity (Wildman–Crippen MR) is 56.8 cm³/mol. The fourth-order valence-corrected chi connectivity index (χ4v) is 1.36. The molecule has 1 aromatic carbocycles. The lowest BCUT2D eigenvalue weighted by Crippen LogP contribution is -2.08. The summed E-state index contributed by atoms with van der Waals surface area (Å²) in [5.41, 5.74) is 5.36. The third-order valence-electron chi connectivity index (χ3n) is 2.46. The third kappa shape index (κ3) is 2.08. The van der Waals surface area contributed by atoms with E-state index in [0.29, 0.717) is 6.42 Å². The van der Waals surface area contributed by atoms with E-state index in [4.69, 9.17) is 10.2 Å². The van der Waals surface area contributed by atoms with Gasteiger partial charge in [0.1, 0.15) is 0 Å². The second-order valence-electron chi connectivity index (χ2n) is 3.68. The molecule has 96 valence electrons. The maximum absolute atomic E-state index is 13.5. The molecular weight excluding hydrogens is 247 g/mol. The van der Waals surface area contributed by atoms with Gasteiger partial charge in [0.2, 0.25) is 5.89 Å². The Labute approximate surface area is 101 Å². The van der Waals surface area contributed by atoms with Gasteiger partial charge in [0.15, 0.2) is 17.5 Å². The highest BCUT2D eigenvalue weighted by Gasteiger charge is 2.20. The molecule has 0 fully saturated rings. The lowest BCUT2D eigenvalue weighted by atomic mass is 10.2. The monoisotopic (exact) mass is 257 g/mol. The van der Waals surface area contributed by atoms with Gasteiger partial charge in [0, 0.05) is 0 Å². The Morgan fingerprint density at radius 3 is 2.61 bits per heavy atom. The van der Waals surface area contributed by atoms with Crippen molar-refractivity contribution in [2.75, 3.05) is 0 Å². The van der Waals surface area contributed by atoms with Crippen molar-refractivity contribution in [3.8, 4) is 11.5 Å². The summed E-state index contributed by atoms with van der Waals surface area (Å²) in [5, 5.41) is 7.19. The average Bonchev–Trinajstić information content (AvgIpc) is 2.84. The van der Waals surface area contributed by atoms with Crippen LogP contribution in [0.5, 0.6) is 0 Å². The van der Waals surface area contributed by atoms with E-state index in [1.165, 1.54) is 0 Å². The van der Waals surface area contributed by atoms with Gasteiger partial charge in [-0.1, -0.05) is 6.92 Å². The number of benzene rings is 1. The van der Waals surface area contributed by atoms with E-state index in [1.807, 2.05) is 6.92 Å². The molecule has 1 atom stereocenters. The van der Waals surface area contributed by atoms with Gasteiger partial charge in [0.05, 0.1) is 11.6 Å². The summed E-state index contributed by atoms with van der Waals surface area (Å²) in [6.45, 7) is 1.81. The Hall–Kier alpha value is -1.89. The van der Waals surface area contributed by atoms with Gasteiger partial charge >= 0.3 is 0 Å². The fourth-order valence-electron chi connectivity index (χ4n) is 1.36. The van der Waals surface area contributed by atoms with Gasteiger partial charge < -0.3 is 10.2 Å². The third-order valence-corrected chi connectivity index (χ3v) is 2.46. The Balaban J connectivity index is 2.43. The van der Waals surface area contributed by atoms with Crippen molar-refractivity contribution in [1.29, 1.82) is 0 Å². The van der Waals surface area contributed by atoms with Crippen LogP contribution < -0.4 is 5.73 Å². The minimum absolute atomic E-state index is 0.122. The molecule has 0 aliphatic rings. The van der Waals surface area contributed by atoms with Crippen LogP contribution in [0.4, 0.5) is 13.2 Å². The van der Waals surface area contributed by atoms with Crippen LogP contribution in [0.15, 0.2) is 16.5 Å². The number of nitrogens with two attached hydrogens (primary N) is 1. The number of aromatic nitrogens is 2. The van der Waals surface area contributed by atoms with Gasteiger partial charge in [-0.05, 0) is 18.6 Å². The first-order valence-corrected chi connectivity index (χ1v) is 5.27. The summed E-state index contributed by atoms with van der Waals surface area (Å²) in [6.07, 6.45) is 0.557. The highest BCUT2D eigenvalue weighted by molar-refractivity contribution is 5.53. The average molecular weight is 257 g/mol. The maximum atomic E-state index is 13.5. The summed E-state index contributed by atoms with van der Waals surface area (Å²) >= 11 is 0. The van der Waals surface area contributed by atoms with E-state index in [1.54, 1.807) is 0 Å². The fraction of sp³-hybridized carbons (Fsp3) is 0.273. The topological polar surface area (TPSA) is 64.9 Å². The normalized spacial score (nSPS) is 12.7. The first kappa shape index (κ1) is 12.6. The van der Waals surface area contributed by atoms with Crippen molar-refractivity contribution in [2.45, 2.75) is 19.4 Å². The predicted octanol–water partition coefficient (Wildman–Crippen LogP) is 2.56. The molecule has 0 bridgehead atoms. The molecule has 1 unspecified atom stereocenters. The molecule has 2 aromatic rings. The van der Waals surface area contributed by atoms with Crippen LogP contribution in [-0.2, 0) is 0 Å². The zero-order chi connectivity index (χ0) is 13.3. The van der Waals surface area contributed by atoms with Gasteiger partial charge in [0.25, 0.3) is 5.89 Å². The Kier molecular flexibility index (Phi) is 3.33. The molecule has 1 aromatic heterocycles. The lowest BCUT2D eigenvalue weighted by molar-refractivity contribution is 0.435. The molecule has 0 aliphatic carbocycles. The van der Waals surface area contributed by atoms with Gasteiger partial charge in [-0.3, -0.25) is 0 Å². The van der Waals surface area contributed by atoms with Gasteiger partial charge in [-0.2, -0.15) is 0 Å². The summed E-state index contributed by atoms with van der Waals surface area (Å²) in [4.78, 5) is 0. The van der Waals surface area contributed by atoms with Crippen LogP contribution in [0.3, 0.4) is 0 Å². The van der Waals surface area contributed by atoms with Crippen molar-refractivity contribution in [3.05, 3.63) is 35.5 Å². The summed E-state index contributed by atoms with van der Waals surface area (Å²) in [5.74, 6) is -4.33. The molecule has 18 heavy (non-hydrogen) atoms. The molecule has 0 amide bonds. The number of nitrogens with zero attached hydrogens (tertiary/aromatic N) is 2. The number of hydrogen-bond acceptors (Lipinski definition) is 4. The molecular formula is C11H10F3N3O. The molecule has 2 N–H and O–H groups in total. The smallest absolute Gasteiger partial charge is 0.250 e. The maximum Gasteiger partial charge on any atom is 0.250 e. The van der Waals surface area contributed by atoms with Crippen molar-refractivity contribution in [3.63, 3.8) is 0 Å². The van der Waals surface area contributed by atoms with Crippen LogP contribution in [0.1, 0.15) is 25.3 Å². The van der Waals surface area contributed by atoms with Crippen LogP contribution >= 0.6 is 0 Å². The van der Waals surface area contributed by atoms with E-state index < -0.39 is 23.5 Å². The minimum Gasteiger partial charge on any atom is -0.419 e. The molecule has 0 saturated heterocycles. The van der Waals surface area contributed by atoms with Gasteiger partial charge in [-0.25, -0.2) is 13.2 Å². The molecule has 0 radical (unpaired) electrons. The number of rotatable bonds is 3. The highest BCUT2D eigenvalue weighted by atomic mass is 19.2. The Morgan fingerprint density at radius 2 is 1.94 bits per heavy atom. The quantitative estimate of drug-likeness (QED) is 0.858. The zero-order valence-corrected chi connectivity index (χ0v) is 9.45. The summed E-state index contributed by atoms with van der Waals surface area (Å²) < 4.78 is 44.4. The highest BCUT2D eigenvalue weighted by Crippen LogP contribution is 2.26. The van der Waals surface area contributed by atoms with Crippen LogP contribution in [0.25, 0.3) is 11.5 Å². The molecule has 0 aliphatic heterocycles. The van der Waals surface area contributed by atoms with E-state index in [-0.39, 0.29) is 17.3 Å². The molecule has 1 heterocycles. The standard InChI is InChI=1S/C11H10F3N3O/c1-2-7(15)11-17-16-10(18-11)5-3-4-6(12)9(14)8(5)13/h3-4,7H,2,15H2,1H3. The first-order chi connectivity index (χ1) is 8.54. The van der Waals surface area contributed by atoms with Crippen LogP contribution in [-0.4, -0.2) is 10.2 Å². The molecule has 0 saturated carbocycles. The first-order valence-electron chi connectivity index (χ1n) is 5.27. The van der Waals surface area contributed by atoms with E-state index in [9.17, 15) is 13.2 Å². The van der Waals surface area contributed by atoms with Crippen molar-refractivity contribution in [1.82, 2.24) is 10.2 Å². The van der Waals surface area contributed by atoms with E-state index >= 15 is 0 Å². The SMILES string of the molecule is CCC(N)c1nnc(-c2ccc(F)c(F)c2F)o1.